The Balaban J connectivity index is 2.64. The quantitative estimate of drug-likeness (QED) is 0.564. The van der Waals surface area contributed by atoms with E-state index in [0.29, 0.717) is 5.69 Å². The zero-order valence-electron chi connectivity index (χ0n) is 11.1. The van der Waals surface area contributed by atoms with E-state index in [1.807, 2.05) is 12.2 Å². The highest BCUT2D eigenvalue weighted by Gasteiger charge is 2.26. The van der Waals surface area contributed by atoms with E-state index in [0.717, 1.165) is 5.56 Å². The second-order valence-corrected chi connectivity index (χ2v) is 4.28. The molecule has 0 aromatic heterocycles. The minimum atomic E-state index is -1.67. The molecule has 0 bridgehead atoms. The standard InChI is InChI=1S/C13H14N2O6/c1-7-2-4-8(5-3-7)14-11(18)12(19)15-9(13(20)21)6-10(16)17/h2-5,9H,6H2,1H3,(H,14,18)(H,15,19)(H,16,17)(H,20,21)/t9-/m1/s1. The van der Waals surface area contributed by atoms with Gasteiger partial charge in [-0.15, -0.1) is 0 Å². The first-order chi connectivity index (χ1) is 9.79. The summed E-state index contributed by atoms with van der Waals surface area (Å²) in [5.41, 5.74) is 1.33. The van der Waals surface area contributed by atoms with Crippen LogP contribution in [0.15, 0.2) is 24.3 Å². The molecule has 0 fully saturated rings. The number of rotatable bonds is 5. The Morgan fingerprint density at radius 3 is 2.10 bits per heavy atom. The summed E-state index contributed by atoms with van der Waals surface area (Å²) >= 11 is 0. The predicted octanol–water partition coefficient (Wildman–Crippen LogP) is -0.0224. The first-order valence-corrected chi connectivity index (χ1v) is 5.92. The third-order valence-corrected chi connectivity index (χ3v) is 2.50. The smallest absolute Gasteiger partial charge is 0.326 e. The largest absolute Gasteiger partial charge is 0.481 e. The summed E-state index contributed by atoms with van der Waals surface area (Å²) in [6.45, 7) is 1.85. The van der Waals surface area contributed by atoms with Gasteiger partial charge in [0.25, 0.3) is 0 Å². The first kappa shape index (κ1) is 16.2. The van der Waals surface area contributed by atoms with Crippen molar-refractivity contribution >= 4 is 29.4 Å². The molecule has 8 heteroatoms. The van der Waals surface area contributed by atoms with Crippen LogP contribution in [0.4, 0.5) is 5.69 Å². The van der Waals surface area contributed by atoms with Gasteiger partial charge in [0.2, 0.25) is 0 Å². The number of carbonyl (C=O) groups excluding carboxylic acids is 2. The second-order valence-electron chi connectivity index (χ2n) is 4.28. The van der Waals surface area contributed by atoms with Crippen LogP contribution < -0.4 is 10.6 Å². The fraction of sp³-hybridized carbons (Fsp3) is 0.231. The first-order valence-electron chi connectivity index (χ1n) is 5.92. The van der Waals surface area contributed by atoms with E-state index in [9.17, 15) is 19.2 Å². The highest BCUT2D eigenvalue weighted by atomic mass is 16.4. The molecule has 0 spiro atoms. The molecule has 8 nitrogen and oxygen atoms in total. The van der Waals surface area contributed by atoms with Gasteiger partial charge in [0.05, 0.1) is 6.42 Å². The molecule has 0 radical (unpaired) electrons. The molecule has 0 unspecified atom stereocenters. The van der Waals surface area contributed by atoms with E-state index in [4.69, 9.17) is 10.2 Å². The number of carbonyl (C=O) groups is 4. The number of hydrogen-bond donors (Lipinski definition) is 4. The van der Waals surface area contributed by atoms with Gasteiger partial charge >= 0.3 is 23.8 Å². The minimum absolute atomic E-state index is 0.367. The Morgan fingerprint density at radius 1 is 1.05 bits per heavy atom. The molecule has 0 heterocycles. The van der Waals surface area contributed by atoms with E-state index >= 15 is 0 Å². The van der Waals surface area contributed by atoms with Crippen molar-refractivity contribution in [1.82, 2.24) is 5.32 Å². The maximum atomic E-state index is 11.6. The Labute approximate surface area is 119 Å². The molecule has 112 valence electrons. The number of aryl methyl sites for hydroxylation is 1. The van der Waals surface area contributed by atoms with Crippen LogP contribution in [-0.2, 0) is 19.2 Å². The van der Waals surface area contributed by atoms with Crippen LogP contribution in [0.1, 0.15) is 12.0 Å². The van der Waals surface area contributed by atoms with Gasteiger partial charge < -0.3 is 20.8 Å². The van der Waals surface area contributed by atoms with Crippen molar-refractivity contribution in [2.45, 2.75) is 19.4 Å². The molecule has 1 rings (SSSR count). The van der Waals surface area contributed by atoms with Crippen LogP contribution in [-0.4, -0.2) is 40.0 Å². The molecule has 0 aliphatic rings. The maximum absolute atomic E-state index is 11.6. The fourth-order valence-electron chi connectivity index (χ4n) is 1.42. The second kappa shape index (κ2) is 7.04. The number of hydrogen-bond acceptors (Lipinski definition) is 4. The highest BCUT2D eigenvalue weighted by molar-refractivity contribution is 6.40. The molecule has 1 atom stereocenters. The normalized spacial score (nSPS) is 11.3. The lowest BCUT2D eigenvalue weighted by atomic mass is 10.2. The van der Waals surface area contributed by atoms with E-state index in [-0.39, 0.29) is 0 Å². The number of benzene rings is 1. The summed E-state index contributed by atoms with van der Waals surface area (Å²) in [5, 5.41) is 21.4. The summed E-state index contributed by atoms with van der Waals surface area (Å²) in [4.78, 5) is 44.4. The lowest BCUT2D eigenvalue weighted by Crippen LogP contribution is -2.46. The summed E-state index contributed by atoms with van der Waals surface area (Å²) < 4.78 is 0. The van der Waals surface area contributed by atoms with Crippen LogP contribution in [0.3, 0.4) is 0 Å². The van der Waals surface area contributed by atoms with E-state index in [1.165, 1.54) is 0 Å². The lowest BCUT2D eigenvalue weighted by molar-refractivity contribution is -0.148. The van der Waals surface area contributed by atoms with Gasteiger partial charge in [-0.05, 0) is 19.1 Å². The number of amides is 2. The van der Waals surface area contributed by atoms with Crippen molar-refractivity contribution in [3.8, 4) is 0 Å². The zero-order valence-corrected chi connectivity index (χ0v) is 11.1. The van der Waals surface area contributed by atoms with E-state index in [1.54, 1.807) is 24.3 Å². The van der Waals surface area contributed by atoms with Crippen molar-refractivity contribution in [2.24, 2.45) is 0 Å². The fourth-order valence-corrected chi connectivity index (χ4v) is 1.42. The van der Waals surface area contributed by atoms with Crippen LogP contribution in [0.2, 0.25) is 0 Å². The number of anilines is 1. The summed E-state index contributed by atoms with van der Waals surface area (Å²) in [6, 6.07) is 4.92. The summed E-state index contributed by atoms with van der Waals surface area (Å²) in [6.07, 6.45) is -0.821. The molecule has 0 aliphatic carbocycles. The van der Waals surface area contributed by atoms with Crippen molar-refractivity contribution < 1.29 is 29.4 Å². The molecule has 1 aromatic carbocycles. The van der Waals surface area contributed by atoms with Gasteiger partial charge in [-0.2, -0.15) is 0 Å². The molecule has 4 N–H and O–H groups in total. The summed E-state index contributed by atoms with van der Waals surface area (Å²) in [5.74, 6) is -5.23. The predicted molar refractivity (Wildman–Crippen MR) is 71.6 cm³/mol. The van der Waals surface area contributed by atoms with E-state index in [2.05, 4.69) is 5.32 Å². The average molecular weight is 294 g/mol. The van der Waals surface area contributed by atoms with Crippen LogP contribution in [0, 0.1) is 6.92 Å². The molecule has 1 aromatic rings. The highest BCUT2D eigenvalue weighted by Crippen LogP contribution is 2.08. The Morgan fingerprint density at radius 2 is 1.62 bits per heavy atom. The van der Waals surface area contributed by atoms with Crippen LogP contribution in [0.25, 0.3) is 0 Å². The van der Waals surface area contributed by atoms with Gasteiger partial charge in [0, 0.05) is 5.69 Å². The monoisotopic (exact) mass is 294 g/mol. The number of nitrogens with one attached hydrogen (secondary N) is 2. The third kappa shape index (κ3) is 5.31. The molecule has 0 aliphatic heterocycles. The van der Waals surface area contributed by atoms with Crippen LogP contribution in [0.5, 0.6) is 0 Å². The Kier molecular flexibility index (Phi) is 5.41. The van der Waals surface area contributed by atoms with Gasteiger partial charge in [-0.25, -0.2) is 4.79 Å². The molecule has 0 saturated carbocycles. The molecular weight excluding hydrogens is 280 g/mol. The van der Waals surface area contributed by atoms with Crippen LogP contribution >= 0.6 is 0 Å². The third-order valence-electron chi connectivity index (χ3n) is 2.50. The van der Waals surface area contributed by atoms with Gasteiger partial charge in [-0.3, -0.25) is 14.4 Å². The van der Waals surface area contributed by atoms with Crippen molar-refractivity contribution in [1.29, 1.82) is 0 Å². The lowest BCUT2D eigenvalue weighted by Gasteiger charge is -2.12. The maximum Gasteiger partial charge on any atom is 0.326 e. The number of aliphatic carboxylic acids is 2. The van der Waals surface area contributed by atoms with Crippen molar-refractivity contribution in [3.05, 3.63) is 29.8 Å². The molecule has 0 saturated heterocycles. The van der Waals surface area contributed by atoms with Gasteiger partial charge in [-0.1, -0.05) is 17.7 Å². The Bertz CT molecular complexity index is 567. The minimum Gasteiger partial charge on any atom is -0.481 e. The topological polar surface area (TPSA) is 133 Å². The van der Waals surface area contributed by atoms with Crippen molar-refractivity contribution in [2.75, 3.05) is 5.32 Å². The molecule has 21 heavy (non-hydrogen) atoms. The Hall–Kier alpha value is -2.90. The molecular formula is C13H14N2O6. The summed E-state index contributed by atoms with van der Waals surface area (Å²) in [7, 11) is 0. The molecule has 2 amide bonds. The number of carboxylic acid groups (broad SMARTS) is 2. The van der Waals surface area contributed by atoms with Gasteiger partial charge in [0.1, 0.15) is 6.04 Å². The number of carboxylic acids is 2. The van der Waals surface area contributed by atoms with E-state index < -0.39 is 36.2 Å². The van der Waals surface area contributed by atoms with Crippen molar-refractivity contribution in [3.63, 3.8) is 0 Å². The zero-order chi connectivity index (χ0) is 16.0. The SMILES string of the molecule is Cc1ccc(NC(=O)C(=O)N[C@H](CC(=O)O)C(=O)O)cc1. The average Bonchev–Trinajstić information content (AvgIpc) is 2.39. The van der Waals surface area contributed by atoms with Gasteiger partial charge in [0.15, 0.2) is 0 Å².